The molecule has 3 rings (SSSR count). The molecule has 0 unspecified atom stereocenters. The van der Waals surface area contributed by atoms with Crippen molar-refractivity contribution in [2.75, 3.05) is 0 Å². The van der Waals surface area contributed by atoms with Gasteiger partial charge in [-0.15, -0.1) is 0 Å². The van der Waals surface area contributed by atoms with Crippen molar-refractivity contribution >= 4 is 0 Å². The first-order valence-corrected chi connectivity index (χ1v) is 6.50. The monoisotopic (exact) mass is 238 g/mol. The fraction of sp³-hybridized carbons (Fsp3) is 0.375. The Labute approximate surface area is 108 Å². The maximum atomic E-state index is 4.81. The summed E-state index contributed by atoms with van der Waals surface area (Å²) < 4.78 is 0. The van der Waals surface area contributed by atoms with Gasteiger partial charge in [-0.25, -0.2) is 9.97 Å². The van der Waals surface area contributed by atoms with Crippen LogP contribution in [0.1, 0.15) is 37.7 Å². The highest BCUT2D eigenvalue weighted by molar-refractivity contribution is 5.69. The Kier molecular flexibility index (Phi) is 2.47. The summed E-state index contributed by atoms with van der Waals surface area (Å²) in [5.41, 5.74) is 5.11. The lowest BCUT2D eigenvalue weighted by Gasteiger charge is -2.22. The average Bonchev–Trinajstić information content (AvgIpc) is 2.37. The number of hydrogen-bond acceptors (Lipinski definition) is 2. The van der Waals surface area contributed by atoms with Crippen LogP contribution in [0.15, 0.2) is 30.5 Å². The maximum Gasteiger partial charge on any atom is 0.134 e. The molecule has 1 heterocycles. The lowest BCUT2D eigenvalue weighted by molar-refractivity contribution is 0.544. The molecule has 0 fully saturated rings. The topological polar surface area (TPSA) is 25.8 Å². The van der Waals surface area contributed by atoms with E-state index in [1.54, 1.807) is 0 Å². The van der Waals surface area contributed by atoms with E-state index in [4.69, 9.17) is 4.98 Å². The Hall–Kier alpha value is -1.70. The van der Waals surface area contributed by atoms with Gasteiger partial charge in [0.05, 0.1) is 5.69 Å². The first-order chi connectivity index (χ1) is 8.55. The second-order valence-corrected chi connectivity index (χ2v) is 5.97. The van der Waals surface area contributed by atoms with Gasteiger partial charge in [0.2, 0.25) is 0 Å². The second-order valence-electron chi connectivity index (χ2n) is 5.97. The molecule has 0 amide bonds. The minimum atomic E-state index is 0.00141. The Morgan fingerprint density at radius 1 is 1.00 bits per heavy atom. The molecule has 0 aliphatic heterocycles. The number of aryl methyl sites for hydroxylation is 2. The van der Waals surface area contributed by atoms with E-state index in [1.807, 2.05) is 6.20 Å². The van der Waals surface area contributed by atoms with Gasteiger partial charge in [-0.2, -0.15) is 0 Å². The summed E-state index contributed by atoms with van der Waals surface area (Å²) in [5.74, 6) is 0.929. The van der Waals surface area contributed by atoms with Gasteiger partial charge in [0.15, 0.2) is 0 Å². The Morgan fingerprint density at radius 2 is 1.72 bits per heavy atom. The van der Waals surface area contributed by atoms with E-state index < -0.39 is 0 Å². The molecule has 0 N–H and O–H groups in total. The van der Waals surface area contributed by atoms with Crippen molar-refractivity contribution in [2.24, 2.45) is 0 Å². The molecular formula is C16H18N2. The Morgan fingerprint density at radius 3 is 2.50 bits per heavy atom. The van der Waals surface area contributed by atoms with Gasteiger partial charge in [-0.3, -0.25) is 0 Å². The normalized spacial score (nSPS) is 13.9. The van der Waals surface area contributed by atoms with E-state index in [0.717, 1.165) is 24.4 Å². The first kappa shape index (κ1) is 11.4. The fourth-order valence-corrected chi connectivity index (χ4v) is 2.42. The van der Waals surface area contributed by atoms with Crippen molar-refractivity contribution in [1.29, 1.82) is 0 Å². The van der Waals surface area contributed by atoms with E-state index in [-0.39, 0.29) is 5.41 Å². The molecule has 0 bridgehead atoms. The molecule has 1 aliphatic carbocycles. The summed E-state index contributed by atoms with van der Waals surface area (Å²) >= 11 is 0. The quantitative estimate of drug-likeness (QED) is 0.701. The van der Waals surface area contributed by atoms with Crippen LogP contribution in [0.4, 0.5) is 0 Å². The molecule has 18 heavy (non-hydrogen) atoms. The van der Waals surface area contributed by atoms with Crippen molar-refractivity contribution in [2.45, 2.75) is 39.0 Å². The molecule has 1 aromatic heterocycles. The Bertz CT molecular complexity index is 594. The second kappa shape index (κ2) is 3.91. The van der Waals surface area contributed by atoms with Crippen LogP contribution in [0.2, 0.25) is 0 Å². The lowest BCUT2D eigenvalue weighted by atomic mass is 9.89. The molecule has 0 saturated heterocycles. The van der Waals surface area contributed by atoms with Gasteiger partial charge in [0, 0.05) is 17.2 Å². The molecule has 2 nitrogen and oxygen atoms in total. The highest BCUT2D eigenvalue weighted by Gasteiger charge is 2.22. The van der Waals surface area contributed by atoms with Gasteiger partial charge < -0.3 is 0 Å². The zero-order valence-electron chi connectivity index (χ0n) is 11.2. The summed E-state index contributed by atoms with van der Waals surface area (Å²) in [6.07, 6.45) is 4.16. The number of rotatable bonds is 0. The number of aromatic nitrogens is 2. The van der Waals surface area contributed by atoms with Gasteiger partial charge >= 0.3 is 0 Å². The van der Waals surface area contributed by atoms with Gasteiger partial charge in [0.1, 0.15) is 5.82 Å². The molecule has 2 heteroatoms. The molecule has 0 spiro atoms. The summed E-state index contributed by atoms with van der Waals surface area (Å²) in [6, 6.07) is 8.58. The van der Waals surface area contributed by atoms with E-state index in [2.05, 4.69) is 50.0 Å². The van der Waals surface area contributed by atoms with Gasteiger partial charge in [-0.1, -0.05) is 45.0 Å². The van der Waals surface area contributed by atoms with Crippen molar-refractivity contribution in [3.8, 4) is 11.3 Å². The molecule has 0 atom stereocenters. The van der Waals surface area contributed by atoms with Crippen LogP contribution in [-0.4, -0.2) is 9.97 Å². The van der Waals surface area contributed by atoms with Crippen LogP contribution in [-0.2, 0) is 18.3 Å². The number of benzene rings is 1. The van der Waals surface area contributed by atoms with Gasteiger partial charge in [0.25, 0.3) is 0 Å². The lowest BCUT2D eigenvalue weighted by Crippen LogP contribution is -2.18. The van der Waals surface area contributed by atoms with Crippen molar-refractivity contribution in [1.82, 2.24) is 9.97 Å². The minimum absolute atomic E-state index is 0.00141. The molecule has 1 aliphatic rings. The third-order valence-corrected chi connectivity index (χ3v) is 3.47. The third-order valence-electron chi connectivity index (χ3n) is 3.47. The number of nitrogens with zero attached hydrogens (tertiary/aromatic N) is 2. The summed E-state index contributed by atoms with van der Waals surface area (Å²) in [4.78, 5) is 9.34. The fourth-order valence-electron chi connectivity index (χ4n) is 2.42. The van der Waals surface area contributed by atoms with E-state index >= 15 is 0 Å². The van der Waals surface area contributed by atoms with Crippen molar-refractivity contribution in [3.05, 3.63) is 47.4 Å². The molecular weight excluding hydrogens is 220 g/mol. The van der Waals surface area contributed by atoms with Crippen LogP contribution in [0.5, 0.6) is 0 Å². The van der Waals surface area contributed by atoms with E-state index in [1.165, 1.54) is 16.7 Å². The zero-order chi connectivity index (χ0) is 12.8. The highest BCUT2D eigenvalue weighted by Crippen LogP contribution is 2.32. The first-order valence-electron chi connectivity index (χ1n) is 6.50. The standard InChI is InChI=1S/C16H18N2/c1-16(2,3)15-17-10-12-9-8-11-6-4-5-7-13(11)14(12)18-15/h4-7,10H,8-9H2,1-3H3. The van der Waals surface area contributed by atoms with Crippen LogP contribution in [0, 0.1) is 0 Å². The maximum absolute atomic E-state index is 4.81. The molecule has 1 aromatic carbocycles. The molecule has 92 valence electrons. The van der Waals surface area contributed by atoms with Crippen molar-refractivity contribution < 1.29 is 0 Å². The summed E-state index contributed by atoms with van der Waals surface area (Å²) in [7, 11) is 0. The van der Waals surface area contributed by atoms with E-state index in [0.29, 0.717) is 0 Å². The average molecular weight is 238 g/mol. The smallest absolute Gasteiger partial charge is 0.134 e. The van der Waals surface area contributed by atoms with E-state index in [9.17, 15) is 0 Å². The SMILES string of the molecule is CC(C)(C)c1ncc2c(n1)-c1ccccc1CC2. The summed E-state index contributed by atoms with van der Waals surface area (Å²) in [5, 5.41) is 0. The predicted octanol–water partition coefficient (Wildman–Crippen LogP) is 3.54. The van der Waals surface area contributed by atoms with Crippen LogP contribution >= 0.6 is 0 Å². The third kappa shape index (κ3) is 1.82. The van der Waals surface area contributed by atoms with Crippen LogP contribution < -0.4 is 0 Å². The molecule has 0 saturated carbocycles. The van der Waals surface area contributed by atoms with Crippen LogP contribution in [0.3, 0.4) is 0 Å². The molecule has 0 radical (unpaired) electrons. The number of hydrogen-bond donors (Lipinski definition) is 0. The predicted molar refractivity (Wildman–Crippen MR) is 73.6 cm³/mol. The van der Waals surface area contributed by atoms with Gasteiger partial charge in [-0.05, 0) is 24.0 Å². The Balaban J connectivity index is 2.19. The van der Waals surface area contributed by atoms with Crippen molar-refractivity contribution in [3.63, 3.8) is 0 Å². The van der Waals surface area contributed by atoms with Crippen LogP contribution in [0.25, 0.3) is 11.3 Å². The summed E-state index contributed by atoms with van der Waals surface area (Å²) in [6.45, 7) is 6.47. The minimum Gasteiger partial charge on any atom is -0.240 e. The molecule has 2 aromatic rings. The highest BCUT2D eigenvalue weighted by atomic mass is 14.9. The largest absolute Gasteiger partial charge is 0.240 e. The number of fused-ring (bicyclic) bond motifs is 3. The zero-order valence-corrected chi connectivity index (χ0v) is 11.2.